The number of nitrogens with zero attached hydrogens (tertiary/aromatic N) is 1. The molecule has 0 saturated heterocycles. The minimum absolute atomic E-state index is 0.108. The van der Waals surface area contributed by atoms with Crippen LogP contribution in [0, 0.1) is 0 Å². The first-order valence-electron chi connectivity index (χ1n) is 5.44. The van der Waals surface area contributed by atoms with Crippen molar-refractivity contribution in [1.82, 2.24) is 4.90 Å². The zero-order valence-electron chi connectivity index (χ0n) is 10.6. The van der Waals surface area contributed by atoms with Crippen molar-refractivity contribution in [2.45, 2.75) is 0 Å². The van der Waals surface area contributed by atoms with Crippen molar-refractivity contribution >= 4 is 33.9 Å². The van der Waals surface area contributed by atoms with E-state index in [0.717, 1.165) is 6.08 Å². The number of halogens is 1. The Morgan fingerprint density at radius 1 is 1.42 bits per heavy atom. The van der Waals surface area contributed by atoms with Gasteiger partial charge in [0, 0.05) is 25.7 Å². The van der Waals surface area contributed by atoms with E-state index in [1.807, 2.05) is 0 Å². The SMILES string of the molecule is CN(C)C(=O)COc1c(Br)cccc1C=CC(=O)O. The molecular weight excluding hydrogens is 314 g/mol. The predicted molar refractivity (Wildman–Crippen MR) is 75.0 cm³/mol. The second-order valence-corrected chi connectivity index (χ2v) is 4.76. The average molecular weight is 328 g/mol. The fourth-order valence-electron chi connectivity index (χ4n) is 1.23. The summed E-state index contributed by atoms with van der Waals surface area (Å²) in [6.07, 6.45) is 2.44. The number of hydrogen-bond acceptors (Lipinski definition) is 3. The van der Waals surface area contributed by atoms with E-state index in [0.29, 0.717) is 15.8 Å². The van der Waals surface area contributed by atoms with Crippen LogP contribution in [0.25, 0.3) is 6.08 Å². The number of aliphatic carboxylic acids is 1. The lowest BCUT2D eigenvalue weighted by Crippen LogP contribution is -2.27. The highest BCUT2D eigenvalue weighted by molar-refractivity contribution is 9.10. The van der Waals surface area contributed by atoms with E-state index >= 15 is 0 Å². The summed E-state index contributed by atoms with van der Waals surface area (Å²) >= 11 is 3.31. The van der Waals surface area contributed by atoms with Crippen LogP contribution < -0.4 is 4.74 Å². The highest BCUT2D eigenvalue weighted by Gasteiger charge is 2.10. The van der Waals surface area contributed by atoms with Gasteiger partial charge in [-0.05, 0) is 28.1 Å². The standard InChI is InChI=1S/C13H14BrNO4/c1-15(2)11(16)8-19-13-9(6-7-12(17)18)4-3-5-10(13)14/h3-7H,8H2,1-2H3,(H,17,18). The minimum Gasteiger partial charge on any atom is -0.482 e. The van der Waals surface area contributed by atoms with Crippen molar-refractivity contribution in [3.05, 3.63) is 34.3 Å². The van der Waals surface area contributed by atoms with Crippen molar-refractivity contribution in [2.24, 2.45) is 0 Å². The fraction of sp³-hybridized carbons (Fsp3) is 0.231. The highest BCUT2D eigenvalue weighted by atomic mass is 79.9. The molecule has 0 saturated carbocycles. The number of hydrogen-bond donors (Lipinski definition) is 1. The summed E-state index contributed by atoms with van der Waals surface area (Å²) < 4.78 is 6.10. The maximum Gasteiger partial charge on any atom is 0.328 e. The van der Waals surface area contributed by atoms with Gasteiger partial charge in [-0.15, -0.1) is 0 Å². The zero-order valence-corrected chi connectivity index (χ0v) is 12.2. The number of carbonyl (C=O) groups excluding carboxylic acids is 1. The van der Waals surface area contributed by atoms with Crippen LogP contribution in [0.4, 0.5) is 0 Å². The molecule has 0 unspecified atom stereocenters. The van der Waals surface area contributed by atoms with Crippen LogP contribution in [0.5, 0.6) is 5.75 Å². The van der Waals surface area contributed by atoms with E-state index in [4.69, 9.17) is 9.84 Å². The van der Waals surface area contributed by atoms with Gasteiger partial charge in [0.25, 0.3) is 5.91 Å². The molecule has 102 valence electrons. The van der Waals surface area contributed by atoms with Gasteiger partial charge in [0.05, 0.1) is 4.47 Å². The van der Waals surface area contributed by atoms with E-state index in [1.165, 1.54) is 11.0 Å². The van der Waals surface area contributed by atoms with Gasteiger partial charge in [-0.2, -0.15) is 0 Å². The predicted octanol–water partition coefficient (Wildman–Crippen LogP) is 2.01. The minimum atomic E-state index is -1.05. The number of para-hydroxylation sites is 1. The van der Waals surface area contributed by atoms with Crippen LogP contribution >= 0.6 is 15.9 Å². The number of amides is 1. The molecule has 0 aromatic heterocycles. The first-order chi connectivity index (χ1) is 8.91. The zero-order chi connectivity index (χ0) is 14.4. The third-order valence-electron chi connectivity index (χ3n) is 2.24. The molecule has 6 heteroatoms. The van der Waals surface area contributed by atoms with Crippen LogP contribution in [-0.2, 0) is 9.59 Å². The molecule has 0 aliphatic heterocycles. The van der Waals surface area contributed by atoms with Crippen molar-refractivity contribution < 1.29 is 19.4 Å². The van der Waals surface area contributed by atoms with Gasteiger partial charge < -0.3 is 14.7 Å². The molecule has 0 fully saturated rings. The molecule has 1 aromatic rings. The van der Waals surface area contributed by atoms with Crippen molar-refractivity contribution in [3.8, 4) is 5.75 Å². The molecule has 0 spiro atoms. The van der Waals surface area contributed by atoms with Crippen molar-refractivity contribution in [2.75, 3.05) is 20.7 Å². The van der Waals surface area contributed by atoms with Gasteiger partial charge in [-0.3, -0.25) is 4.79 Å². The van der Waals surface area contributed by atoms with Gasteiger partial charge >= 0.3 is 5.97 Å². The summed E-state index contributed by atoms with van der Waals surface area (Å²) in [5.41, 5.74) is 0.586. The highest BCUT2D eigenvalue weighted by Crippen LogP contribution is 2.30. The average Bonchev–Trinajstić information content (AvgIpc) is 2.34. The Balaban J connectivity index is 2.92. The first kappa shape index (κ1) is 15.2. The monoisotopic (exact) mass is 327 g/mol. The second-order valence-electron chi connectivity index (χ2n) is 3.91. The first-order valence-corrected chi connectivity index (χ1v) is 6.23. The van der Waals surface area contributed by atoms with Crippen molar-refractivity contribution in [3.63, 3.8) is 0 Å². The number of carbonyl (C=O) groups is 2. The Labute approximate surface area is 119 Å². The quantitative estimate of drug-likeness (QED) is 0.840. The lowest BCUT2D eigenvalue weighted by Gasteiger charge is -2.14. The summed E-state index contributed by atoms with van der Waals surface area (Å²) in [4.78, 5) is 23.4. The largest absolute Gasteiger partial charge is 0.482 e. The number of carboxylic acids is 1. The van der Waals surface area contributed by atoms with E-state index < -0.39 is 5.97 Å². The van der Waals surface area contributed by atoms with Gasteiger partial charge in [0.2, 0.25) is 0 Å². The molecule has 1 amide bonds. The molecule has 0 aliphatic rings. The molecule has 1 N–H and O–H groups in total. The maximum atomic E-state index is 11.5. The second kappa shape index (κ2) is 6.94. The third-order valence-corrected chi connectivity index (χ3v) is 2.87. The molecular formula is C13H14BrNO4. The van der Waals surface area contributed by atoms with Crippen LogP contribution in [0.3, 0.4) is 0 Å². The normalized spacial score (nSPS) is 10.5. The molecule has 19 heavy (non-hydrogen) atoms. The van der Waals surface area contributed by atoms with E-state index in [9.17, 15) is 9.59 Å². The molecule has 1 aromatic carbocycles. The van der Waals surface area contributed by atoms with Crippen molar-refractivity contribution in [1.29, 1.82) is 0 Å². The van der Waals surface area contributed by atoms with Crippen LogP contribution in [0.15, 0.2) is 28.7 Å². The van der Waals surface area contributed by atoms with Gasteiger partial charge in [-0.25, -0.2) is 4.79 Å². The molecule has 0 atom stereocenters. The van der Waals surface area contributed by atoms with E-state index in [1.54, 1.807) is 32.3 Å². The summed E-state index contributed by atoms with van der Waals surface area (Å²) in [6, 6.07) is 5.22. The number of ether oxygens (including phenoxy) is 1. The maximum absolute atomic E-state index is 11.5. The number of carboxylic acid groups (broad SMARTS) is 1. The Hall–Kier alpha value is -1.82. The number of benzene rings is 1. The van der Waals surface area contributed by atoms with E-state index in [2.05, 4.69) is 15.9 Å². The lowest BCUT2D eigenvalue weighted by atomic mass is 10.2. The molecule has 0 bridgehead atoms. The number of rotatable bonds is 5. The topological polar surface area (TPSA) is 66.8 Å². The van der Waals surface area contributed by atoms with Gasteiger partial charge in [0.1, 0.15) is 5.75 Å². The van der Waals surface area contributed by atoms with E-state index in [-0.39, 0.29) is 12.5 Å². The molecule has 0 aliphatic carbocycles. The number of likely N-dealkylation sites (N-methyl/N-ethyl adjacent to an activating group) is 1. The smallest absolute Gasteiger partial charge is 0.328 e. The third kappa shape index (κ3) is 4.75. The summed E-state index contributed by atoms with van der Waals surface area (Å²) in [5, 5.41) is 8.63. The summed E-state index contributed by atoms with van der Waals surface area (Å²) in [5.74, 6) is -0.783. The summed E-state index contributed by atoms with van der Waals surface area (Å²) in [7, 11) is 3.27. The molecule has 1 rings (SSSR count). The molecule has 0 heterocycles. The lowest BCUT2D eigenvalue weighted by molar-refractivity contribution is -0.132. The van der Waals surface area contributed by atoms with Gasteiger partial charge in [0.15, 0.2) is 6.61 Å². The van der Waals surface area contributed by atoms with Crippen LogP contribution in [-0.4, -0.2) is 42.6 Å². The summed E-state index contributed by atoms with van der Waals surface area (Å²) in [6.45, 7) is -0.108. The Kier molecular flexibility index (Phi) is 5.57. The Morgan fingerprint density at radius 3 is 2.68 bits per heavy atom. The molecule has 5 nitrogen and oxygen atoms in total. The van der Waals surface area contributed by atoms with Gasteiger partial charge in [-0.1, -0.05) is 12.1 Å². The molecule has 0 radical (unpaired) electrons. The Morgan fingerprint density at radius 2 is 2.11 bits per heavy atom. The fourth-order valence-corrected chi connectivity index (χ4v) is 1.73. The van der Waals surface area contributed by atoms with Crippen LogP contribution in [0.2, 0.25) is 0 Å². The Bertz CT molecular complexity index is 511. The van der Waals surface area contributed by atoms with Crippen LogP contribution in [0.1, 0.15) is 5.56 Å².